The zero-order valence-corrected chi connectivity index (χ0v) is 12.3. The molecule has 0 spiro atoms. The molecule has 2 rings (SSSR count). The van der Waals surface area contributed by atoms with E-state index in [-0.39, 0.29) is 4.90 Å². The van der Waals surface area contributed by atoms with E-state index in [0.29, 0.717) is 18.8 Å². The molecule has 0 aliphatic rings. The Balaban J connectivity index is 2.25. The molecule has 1 aromatic heterocycles. The van der Waals surface area contributed by atoms with Crippen LogP contribution in [-0.2, 0) is 16.6 Å². The minimum Gasteiger partial charge on any atom is -0.329 e. The van der Waals surface area contributed by atoms with Crippen LogP contribution in [0, 0.1) is 13.8 Å². The van der Waals surface area contributed by atoms with Gasteiger partial charge in [-0.3, -0.25) is 9.40 Å². The van der Waals surface area contributed by atoms with Crippen molar-refractivity contribution in [2.24, 2.45) is 5.73 Å². The van der Waals surface area contributed by atoms with Crippen molar-refractivity contribution >= 4 is 15.7 Å². The minimum absolute atomic E-state index is 0.130. The summed E-state index contributed by atoms with van der Waals surface area (Å²) in [4.78, 5) is 0.130. The van der Waals surface area contributed by atoms with Crippen LogP contribution in [0.1, 0.15) is 11.1 Å². The lowest BCUT2D eigenvalue weighted by Crippen LogP contribution is -2.13. The average molecular weight is 294 g/mol. The van der Waals surface area contributed by atoms with Crippen LogP contribution in [0.25, 0.3) is 0 Å². The zero-order chi connectivity index (χ0) is 14.8. The lowest BCUT2D eigenvalue weighted by Gasteiger charge is -2.08. The highest BCUT2D eigenvalue weighted by Crippen LogP contribution is 2.18. The fraction of sp³-hybridized carbons (Fsp3) is 0.308. The fourth-order valence-corrected chi connectivity index (χ4v) is 2.98. The summed E-state index contributed by atoms with van der Waals surface area (Å²) in [5.74, 6) is 0. The van der Waals surface area contributed by atoms with Crippen molar-refractivity contribution in [1.29, 1.82) is 0 Å². The number of aromatic nitrogens is 2. The number of nitrogens with one attached hydrogen (secondary N) is 1. The molecule has 3 N–H and O–H groups in total. The van der Waals surface area contributed by atoms with E-state index >= 15 is 0 Å². The summed E-state index contributed by atoms with van der Waals surface area (Å²) in [5.41, 5.74) is 7.96. The third-order valence-corrected chi connectivity index (χ3v) is 4.09. The molecule has 108 valence electrons. The summed E-state index contributed by atoms with van der Waals surface area (Å²) in [6.45, 7) is 4.74. The molecule has 0 saturated carbocycles. The van der Waals surface area contributed by atoms with Crippen molar-refractivity contribution < 1.29 is 8.42 Å². The first-order valence-electron chi connectivity index (χ1n) is 6.24. The minimum atomic E-state index is -3.62. The van der Waals surface area contributed by atoms with Gasteiger partial charge in [0, 0.05) is 18.4 Å². The van der Waals surface area contributed by atoms with Crippen molar-refractivity contribution in [3.63, 3.8) is 0 Å². The molecule has 2 aromatic rings. The molecule has 1 aromatic carbocycles. The molecule has 0 unspecified atom stereocenters. The van der Waals surface area contributed by atoms with E-state index in [0.717, 1.165) is 11.1 Å². The molecule has 6 nitrogen and oxygen atoms in total. The van der Waals surface area contributed by atoms with E-state index in [2.05, 4.69) is 9.82 Å². The second-order valence-electron chi connectivity index (χ2n) is 4.71. The Labute approximate surface area is 118 Å². The first-order valence-corrected chi connectivity index (χ1v) is 7.73. The van der Waals surface area contributed by atoms with E-state index in [1.807, 2.05) is 19.9 Å². The molecule has 0 saturated heterocycles. The Kier molecular flexibility index (Phi) is 4.10. The molecule has 0 aliphatic heterocycles. The predicted molar refractivity (Wildman–Crippen MR) is 78.0 cm³/mol. The van der Waals surface area contributed by atoms with Crippen molar-refractivity contribution in [3.05, 3.63) is 41.7 Å². The lowest BCUT2D eigenvalue weighted by atomic mass is 10.1. The van der Waals surface area contributed by atoms with Crippen molar-refractivity contribution in [1.82, 2.24) is 9.78 Å². The third kappa shape index (κ3) is 3.37. The summed E-state index contributed by atoms with van der Waals surface area (Å²) < 4.78 is 28.6. The number of benzene rings is 1. The van der Waals surface area contributed by atoms with Crippen LogP contribution in [0.15, 0.2) is 35.5 Å². The monoisotopic (exact) mass is 294 g/mol. The Morgan fingerprint density at radius 3 is 2.50 bits per heavy atom. The Hall–Kier alpha value is -1.86. The highest BCUT2D eigenvalue weighted by atomic mass is 32.2. The fourth-order valence-electron chi connectivity index (χ4n) is 1.99. The van der Waals surface area contributed by atoms with Gasteiger partial charge >= 0.3 is 0 Å². The maximum atomic E-state index is 12.2. The maximum absolute atomic E-state index is 12.2. The molecule has 0 amide bonds. The number of anilines is 1. The van der Waals surface area contributed by atoms with Crippen molar-refractivity contribution in [2.45, 2.75) is 25.3 Å². The molecule has 20 heavy (non-hydrogen) atoms. The first-order chi connectivity index (χ1) is 9.40. The topological polar surface area (TPSA) is 90.0 Å². The number of hydrogen-bond acceptors (Lipinski definition) is 4. The van der Waals surface area contributed by atoms with E-state index in [4.69, 9.17) is 5.73 Å². The molecule has 0 fully saturated rings. The quantitative estimate of drug-likeness (QED) is 0.868. The molecule has 0 aliphatic carbocycles. The van der Waals surface area contributed by atoms with Gasteiger partial charge in [0.15, 0.2) is 0 Å². The highest BCUT2D eigenvalue weighted by molar-refractivity contribution is 7.92. The van der Waals surface area contributed by atoms with Crippen LogP contribution in [0.3, 0.4) is 0 Å². The van der Waals surface area contributed by atoms with Crippen molar-refractivity contribution in [3.8, 4) is 0 Å². The van der Waals surface area contributed by atoms with Crippen LogP contribution in [0.4, 0.5) is 5.69 Å². The Bertz CT molecular complexity index is 687. The van der Waals surface area contributed by atoms with Crippen LogP contribution < -0.4 is 10.5 Å². The van der Waals surface area contributed by atoms with Gasteiger partial charge in [0.2, 0.25) is 0 Å². The van der Waals surface area contributed by atoms with Crippen LogP contribution in [-0.4, -0.2) is 24.7 Å². The average Bonchev–Trinajstić information content (AvgIpc) is 2.76. The van der Waals surface area contributed by atoms with Gasteiger partial charge in [-0.05, 0) is 37.1 Å². The van der Waals surface area contributed by atoms with Gasteiger partial charge in [-0.1, -0.05) is 6.07 Å². The van der Waals surface area contributed by atoms with E-state index in [1.54, 1.807) is 12.1 Å². The summed E-state index contributed by atoms with van der Waals surface area (Å²) >= 11 is 0. The SMILES string of the molecule is Cc1cc(C)cc(NS(=O)(=O)c2cnn(CCN)c2)c1. The number of hydrogen-bond donors (Lipinski definition) is 2. The number of aryl methyl sites for hydroxylation is 2. The number of rotatable bonds is 5. The van der Waals surface area contributed by atoms with E-state index in [1.165, 1.54) is 17.1 Å². The predicted octanol–water partition coefficient (Wildman–Crippen LogP) is 1.26. The van der Waals surface area contributed by atoms with Gasteiger partial charge in [0.1, 0.15) is 4.90 Å². The standard InChI is InChI=1S/C13H18N4O2S/c1-10-5-11(2)7-12(6-10)16-20(18,19)13-8-15-17(9-13)4-3-14/h5-9,16H,3-4,14H2,1-2H3. The first kappa shape index (κ1) is 14.5. The summed E-state index contributed by atoms with van der Waals surface area (Å²) in [6.07, 6.45) is 2.79. The third-order valence-electron chi connectivity index (χ3n) is 2.75. The van der Waals surface area contributed by atoms with Crippen molar-refractivity contribution in [2.75, 3.05) is 11.3 Å². The van der Waals surface area contributed by atoms with Gasteiger partial charge in [-0.2, -0.15) is 5.10 Å². The molecular formula is C13H18N4O2S. The molecule has 7 heteroatoms. The van der Waals surface area contributed by atoms with Gasteiger partial charge in [0.25, 0.3) is 10.0 Å². The second kappa shape index (κ2) is 5.64. The highest BCUT2D eigenvalue weighted by Gasteiger charge is 2.16. The van der Waals surface area contributed by atoms with Gasteiger partial charge in [-0.15, -0.1) is 0 Å². The summed E-state index contributed by atoms with van der Waals surface area (Å²) in [7, 11) is -3.62. The molecule has 0 bridgehead atoms. The molecular weight excluding hydrogens is 276 g/mol. The smallest absolute Gasteiger partial charge is 0.265 e. The summed E-state index contributed by atoms with van der Waals surface area (Å²) in [5, 5.41) is 3.97. The van der Waals surface area contributed by atoms with Crippen LogP contribution in [0.2, 0.25) is 0 Å². The second-order valence-corrected chi connectivity index (χ2v) is 6.39. The number of nitrogens with zero attached hydrogens (tertiary/aromatic N) is 2. The normalized spacial score (nSPS) is 11.6. The summed E-state index contributed by atoms with van der Waals surface area (Å²) in [6, 6.07) is 5.56. The lowest BCUT2D eigenvalue weighted by molar-refractivity contribution is 0.599. The molecule has 1 heterocycles. The largest absolute Gasteiger partial charge is 0.329 e. The van der Waals surface area contributed by atoms with Crippen LogP contribution in [0.5, 0.6) is 0 Å². The van der Waals surface area contributed by atoms with Gasteiger partial charge < -0.3 is 5.73 Å². The zero-order valence-electron chi connectivity index (χ0n) is 11.5. The van der Waals surface area contributed by atoms with E-state index < -0.39 is 10.0 Å². The molecule has 0 atom stereocenters. The van der Waals surface area contributed by atoms with Gasteiger partial charge in [-0.25, -0.2) is 8.42 Å². The number of sulfonamides is 1. The Morgan fingerprint density at radius 2 is 1.90 bits per heavy atom. The van der Waals surface area contributed by atoms with E-state index in [9.17, 15) is 8.42 Å². The number of nitrogens with two attached hydrogens (primary N) is 1. The molecule has 0 radical (unpaired) electrons. The Morgan fingerprint density at radius 1 is 1.25 bits per heavy atom. The van der Waals surface area contributed by atoms with Gasteiger partial charge in [0.05, 0.1) is 12.7 Å². The maximum Gasteiger partial charge on any atom is 0.265 e. The van der Waals surface area contributed by atoms with Crippen LogP contribution >= 0.6 is 0 Å².